The van der Waals surface area contributed by atoms with Crippen molar-refractivity contribution >= 4 is 44.6 Å². The van der Waals surface area contributed by atoms with E-state index in [-0.39, 0.29) is 5.60 Å². The third-order valence-electron chi connectivity index (χ3n) is 6.95. The molecular formula is C25H28Cl3F2NO3S. The molecule has 0 aromatic heterocycles. The van der Waals surface area contributed by atoms with E-state index in [1.54, 1.807) is 6.07 Å². The Bertz CT molecular complexity index is 1180. The highest BCUT2D eigenvalue weighted by Crippen LogP contribution is 2.41. The second-order valence-corrected chi connectivity index (χ2v) is 14.8. The van der Waals surface area contributed by atoms with Crippen molar-refractivity contribution in [2.45, 2.75) is 59.9 Å². The van der Waals surface area contributed by atoms with Gasteiger partial charge >= 0.3 is 0 Å². The van der Waals surface area contributed by atoms with E-state index in [0.29, 0.717) is 17.7 Å². The predicted molar refractivity (Wildman–Crippen MR) is 137 cm³/mol. The van der Waals surface area contributed by atoms with Crippen molar-refractivity contribution in [2.24, 2.45) is 0 Å². The minimum atomic E-state index is -3.63. The Morgan fingerprint density at radius 3 is 2.23 bits per heavy atom. The number of fused-ring (bicyclic) bond motifs is 1. The topological polar surface area (TPSA) is 46.6 Å². The lowest BCUT2D eigenvalue weighted by Gasteiger charge is -2.45. The molecule has 0 N–H and O–H groups in total. The Labute approximate surface area is 220 Å². The molecule has 192 valence electrons. The molecule has 0 atom stereocenters. The second-order valence-electron chi connectivity index (χ2n) is 9.77. The Kier molecular flexibility index (Phi) is 7.67. The van der Waals surface area contributed by atoms with Crippen LogP contribution in [0, 0.1) is 11.6 Å². The summed E-state index contributed by atoms with van der Waals surface area (Å²) in [6.45, 7) is 4.92. The standard InChI is InChI=1S/C25H28Cl3F2NO3S/c1-16(2)35(32,33)14-20-21(29)12-19(13-22(20)30)17-3-4-23-18(11-17)5-6-24(34-23)7-9-31(10-8-24)15-25(26,27)28/h3-4,11-13,16H,5-10,14-15H2,1-2H3. The lowest BCUT2D eigenvalue weighted by atomic mass is 9.82. The van der Waals surface area contributed by atoms with Crippen LogP contribution in [0.25, 0.3) is 11.1 Å². The first-order valence-electron chi connectivity index (χ1n) is 11.6. The number of piperidine rings is 1. The summed E-state index contributed by atoms with van der Waals surface area (Å²) in [7, 11) is -3.63. The van der Waals surface area contributed by atoms with Gasteiger partial charge in [-0.1, -0.05) is 40.9 Å². The number of sulfone groups is 1. The van der Waals surface area contributed by atoms with E-state index < -0.39 is 41.8 Å². The molecule has 1 spiro atoms. The van der Waals surface area contributed by atoms with Gasteiger partial charge in [-0.2, -0.15) is 0 Å². The molecule has 35 heavy (non-hydrogen) atoms. The van der Waals surface area contributed by atoms with E-state index >= 15 is 0 Å². The molecule has 2 aliphatic heterocycles. The number of alkyl halides is 3. The molecular weight excluding hydrogens is 539 g/mol. The molecule has 2 aliphatic rings. The number of rotatable bonds is 5. The normalized spacial score (nSPS) is 18.5. The summed E-state index contributed by atoms with van der Waals surface area (Å²) in [4.78, 5) is 2.12. The maximum Gasteiger partial charge on any atom is 0.203 e. The van der Waals surface area contributed by atoms with Crippen molar-refractivity contribution in [3.63, 3.8) is 0 Å². The number of hydrogen-bond donors (Lipinski definition) is 0. The fourth-order valence-electron chi connectivity index (χ4n) is 4.70. The molecule has 1 saturated heterocycles. The van der Waals surface area contributed by atoms with Crippen LogP contribution < -0.4 is 4.74 Å². The van der Waals surface area contributed by atoms with Crippen LogP contribution in [0.5, 0.6) is 5.75 Å². The van der Waals surface area contributed by atoms with Crippen LogP contribution in [0.4, 0.5) is 8.78 Å². The Hall–Kier alpha value is -1.12. The third kappa shape index (κ3) is 6.24. The van der Waals surface area contributed by atoms with E-state index in [2.05, 4.69) is 4.90 Å². The van der Waals surface area contributed by atoms with Crippen molar-refractivity contribution in [1.29, 1.82) is 0 Å². The largest absolute Gasteiger partial charge is 0.487 e. The molecule has 0 unspecified atom stereocenters. The highest BCUT2D eigenvalue weighted by atomic mass is 35.6. The van der Waals surface area contributed by atoms with Gasteiger partial charge in [0.05, 0.1) is 11.0 Å². The van der Waals surface area contributed by atoms with Crippen molar-refractivity contribution in [1.82, 2.24) is 4.90 Å². The number of aryl methyl sites for hydroxylation is 1. The Morgan fingerprint density at radius 2 is 1.66 bits per heavy atom. The number of ether oxygens (including phenoxy) is 1. The van der Waals surface area contributed by atoms with E-state index in [1.807, 2.05) is 12.1 Å². The molecule has 10 heteroatoms. The van der Waals surface area contributed by atoms with Gasteiger partial charge in [0.1, 0.15) is 23.0 Å². The second kappa shape index (κ2) is 9.97. The van der Waals surface area contributed by atoms with Crippen molar-refractivity contribution in [2.75, 3.05) is 19.6 Å². The highest BCUT2D eigenvalue weighted by Gasteiger charge is 2.40. The zero-order chi connectivity index (χ0) is 25.6. The molecule has 4 rings (SSSR count). The zero-order valence-corrected chi connectivity index (χ0v) is 22.7. The molecule has 2 aromatic carbocycles. The average molecular weight is 567 g/mol. The van der Waals surface area contributed by atoms with E-state index in [4.69, 9.17) is 39.5 Å². The summed E-state index contributed by atoms with van der Waals surface area (Å²) in [6, 6.07) is 7.89. The van der Waals surface area contributed by atoms with E-state index in [9.17, 15) is 17.2 Å². The summed E-state index contributed by atoms with van der Waals surface area (Å²) < 4.78 is 58.9. The lowest BCUT2D eigenvalue weighted by Crippen LogP contribution is -2.51. The number of halogens is 5. The minimum absolute atomic E-state index is 0.264. The quantitative estimate of drug-likeness (QED) is 0.389. The van der Waals surface area contributed by atoms with Crippen molar-refractivity contribution in [3.8, 4) is 16.9 Å². The number of nitrogens with zero attached hydrogens (tertiary/aromatic N) is 1. The van der Waals surface area contributed by atoms with Gasteiger partial charge in [-0.15, -0.1) is 0 Å². The van der Waals surface area contributed by atoms with Crippen LogP contribution in [0.3, 0.4) is 0 Å². The maximum absolute atomic E-state index is 14.7. The summed E-state index contributed by atoms with van der Waals surface area (Å²) >= 11 is 17.8. The van der Waals surface area contributed by atoms with Crippen LogP contribution in [-0.2, 0) is 22.0 Å². The number of hydrogen-bond acceptors (Lipinski definition) is 4. The lowest BCUT2D eigenvalue weighted by molar-refractivity contribution is -0.0139. The molecule has 0 radical (unpaired) electrons. The summed E-state index contributed by atoms with van der Waals surface area (Å²) in [5.74, 6) is -1.62. The molecule has 0 bridgehead atoms. The van der Waals surface area contributed by atoms with Gasteiger partial charge in [-0.25, -0.2) is 17.2 Å². The van der Waals surface area contributed by atoms with Crippen molar-refractivity contribution in [3.05, 3.63) is 53.1 Å². The van der Waals surface area contributed by atoms with Gasteiger partial charge in [0.15, 0.2) is 9.84 Å². The molecule has 0 amide bonds. The molecule has 2 heterocycles. The number of benzene rings is 2. The van der Waals surface area contributed by atoms with Crippen LogP contribution >= 0.6 is 34.8 Å². The van der Waals surface area contributed by atoms with Crippen LogP contribution in [-0.4, -0.2) is 47.6 Å². The van der Waals surface area contributed by atoms with Crippen LogP contribution in [0.1, 0.15) is 44.2 Å². The van der Waals surface area contributed by atoms with E-state index in [0.717, 1.165) is 50.1 Å². The van der Waals surface area contributed by atoms with E-state index in [1.165, 1.54) is 26.0 Å². The van der Waals surface area contributed by atoms with Gasteiger partial charge in [0.2, 0.25) is 3.79 Å². The maximum atomic E-state index is 14.7. The van der Waals surface area contributed by atoms with Gasteiger partial charge in [0.25, 0.3) is 0 Å². The van der Waals surface area contributed by atoms with Gasteiger partial charge < -0.3 is 4.74 Å². The molecule has 0 saturated carbocycles. The summed E-state index contributed by atoms with van der Waals surface area (Å²) in [5.41, 5.74) is 1.29. The fourth-order valence-corrected chi connectivity index (χ4v) is 6.22. The predicted octanol–water partition coefficient (Wildman–Crippen LogP) is 6.48. The van der Waals surface area contributed by atoms with Gasteiger partial charge in [-0.05, 0) is 80.5 Å². The third-order valence-corrected chi connectivity index (χ3v) is 9.43. The number of likely N-dealkylation sites (tertiary alicyclic amines) is 1. The molecule has 0 aliphatic carbocycles. The first kappa shape index (κ1) is 26.9. The monoisotopic (exact) mass is 565 g/mol. The fraction of sp³-hybridized carbons (Fsp3) is 0.520. The van der Waals surface area contributed by atoms with Crippen LogP contribution in [0.15, 0.2) is 30.3 Å². The zero-order valence-electron chi connectivity index (χ0n) is 19.6. The summed E-state index contributed by atoms with van der Waals surface area (Å²) in [5, 5.41) is -0.716. The first-order chi connectivity index (χ1) is 16.3. The molecule has 2 aromatic rings. The first-order valence-corrected chi connectivity index (χ1v) is 14.4. The van der Waals surface area contributed by atoms with Crippen molar-refractivity contribution < 1.29 is 21.9 Å². The van der Waals surface area contributed by atoms with Crippen LogP contribution in [0.2, 0.25) is 0 Å². The highest BCUT2D eigenvalue weighted by molar-refractivity contribution is 7.91. The summed E-state index contributed by atoms with van der Waals surface area (Å²) in [6.07, 6.45) is 3.27. The van der Waals surface area contributed by atoms with Gasteiger partial charge in [-0.3, -0.25) is 4.90 Å². The average Bonchev–Trinajstić information content (AvgIpc) is 2.76. The van der Waals surface area contributed by atoms with Gasteiger partial charge in [0, 0.05) is 25.2 Å². The Morgan fingerprint density at radius 1 is 1.03 bits per heavy atom. The SMILES string of the molecule is CC(C)S(=O)(=O)Cc1c(F)cc(-c2ccc3c(c2)CCC2(CCN(CC(Cl)(Cl)Cl)CC2)O3)cc1F. The Balaban J connectivity index is 1.50. The molecule has 1 fully saturated rings. The molecule has 4 nitrogen and oxygen atoms in total. The minimum Gasteiger partial charge on any atom is -0.487 e. The smallest absolute Gasteiger partial charge is 0.203 e.